The van der Waals surface area contributed by atoms with Gasteiger partial charge in [0, 0.05) is 5.54 Å². The van der Waals surface area contributed by atoms with Crippen LogP contribution < -0.4 is 4.74 Å². The summed E-state index contributed by atoms with van der Waals surface area (Å²) in [5, 5.41) is 0. The third-order valence-corrected chi connectivity index (χ3v) is 3.89. The van der Waals surface area contributed by atoms with Crippen molar-refractivity contribution in [3.8, 4) is 5.75 Å². The first-order chi connectivity index (χ1) is 8.62. The van der Waals surface area contributed by atoms with Crippen LogP contribution >= 0.6 is 0 Å². The van der Waals surface area contributed by atoms with Crippen LogP contribution in [-0.2, 0) is 6.42 Å². The zero-order valence-electron chi connectivity index (χ0n) is 11.9. The summed E-state index contributed by atoms with van der Waals surface area (Å²) in [5.74, 6) is 0.986. The van der Waals surface area contributed by atoms with Crippen molar-refractivity contribution in [1.82, 2.24) is 4.90 Å². The van der Waals surface area contributed by atoms with E-state index in [-0.39, 0.29) is 5.54 Å². The van der Waals surface area contributed by atoms with E-state index in [1.807, 2.05) is 0 Å². The van der Waals surface area contributed by atoms with Crippen LogP contribution in [0.1, 0.15) is 39.2 Å². The molecule has 0 N–H and O–H groups in total. The van der Waals surface area contributed by atoms with Crippen molar-refractivity contribution in [2.45, 2.75) is 45.6 Å². The topological polar surface area (TPSA) is 12.5 Å². The normalized spacial score (nSPS) is 17.1. The van der Waals surface area contributed by atoms with Crippen molar-refractivity contribution < 1.29 is 4.74 Å². The minimum atomic E-state index is 0.139. The second-order valence-corrected chi connectivity index (χ2v) is 5.79. The molecule has 0 unspecified atom stereocenters. The molecule has 1 aliphatic heterocycles. The van der Waals surface area contributed by atoms with Gasteiger partial charge >= 0.3 is 0 Å². The molecule has 1 fully saturated rings. The molecule has 2 rings (SSSR count). The fourth-order valence-electron chi connectivity index (χ4n) is 2.50. The van der Waals surface area contributed by atoms with Gasteiger partial charge in [0.15, 0.2) is 0 Å². The van der Waals surface area contributed by atoms with Crippen LogP contribution in [-0.4, -0.2) is 30.1 Å². The molecule has 0 spiro atoms. The maximum Gasteiger partial charge on any atom is 0.119 e. The second kappa shape index (κ2) is 5.75. The molecule has 0 aromatic heterocycles. The largest absolute Gasteiger partial charge is 0.492 e. The Kier molecular flexibility index (Phi) is 4.28. The molecule has 2 heteroatoms. The Labute approximate surface area is 111 Å². The van der Waals surface area contributed by atoms with Gasteiger partial charge in [-0.2, -0.15) is 0 Å². The lowest BCUT2D eigenvalue weighted by molar-refractivity contribution is 0.0894. The van der Waals surface area contributed by atoms with E-state index >= 15 is 0 Å². The van der Waals surface area contributed by atoms with E-state index in [1.165, 1.54) is 31.5 Å². The number of aryl methyl sites for hydroxylation is 1. The summed E-state index contributed by atoms with van der Waals surface area (Å²) in [6.07, 6.45) is 3.74. The zero-order chi connectivity index (χ0) is 13.0. The van der Waals surface area contributed by atoms with E-state index in [0.717, 1.165) is 18.8 Å². The predicted molar refractivity (Wildman–Crippen MR) is 76.2 cm³/mol. The smallest absolute Gasteiger partial charge is 0.119 e. The highest BCUT2D eigenvalue weighted by atomic mass is 16.5. The highest BCUT2D eigenvalue weighted by Crippen LogP contribution is 2.22. The van der Waals surface area contributed by atoms with E-state index in [4.69, 9.17) is 4.74 Å². The molecule has 0 atom stereocenters. The number of rotatable bonds is 5. The fourth-order valence-corrected chi connectivity index (χ4v) is 2.50. The highest BCUT2D eigenvalue weighted by Gasteiger charge is 2.29. The van der Waals surface area contributed by atoms with Crippen LogP contribution in [0.15, 0.2) is 24.3 Å². The van der Waals surface area contributed by atoms with E-state index < -0.39 is 0 Å². The monoisotopic (exact) mass is 247 g/mol. The van der Waals surface area contributed by atoms with Crippen molar-refractivity contribution in [3.05, 3.63) is 29.8 Å². The number of likely N-dealkylation sites (tertiary alicyclic amines) is 1. The highest BCUT2D eigenvalue weighted by molar-refractivity contribution is 5.27. The summed E-state index contributed by atoms with van der Waals surface area (Å²) >= 11 is 0. The average molecular weight is 247 g/mol. The molecular weight excluding hydrogens is 222 g/mol. The van der Waals surface area contributed by atoms with Gasteiger partial charge in [-0.3, -0.25) is 4.90 Å². The van der Waals surface area contributed by atoms with Gasteiger partial charge in [-0.15, -0.1) is 0 Å². The van der Waals surface area contributed by atoms with Crippen molar-refractivity contribution in [2.24, 2.45) is 0 Å². The van der Waals surface area contributed by atoms with E-state index in [0.29, 0.717) is 0 Å². The molecular formula is C16H25NO. The zero-order valence-corrected chi connectivity index (χ0v) is 11.9. The summed E-state index contributed by atoms with van der Waals surface area (Å²) in [6.45, 7) is 9.92. The third-order valence-electron chi connectivity index (χ3n) is 3.89. The maximum absolute atomic E-state index is 5.94. The van der Waals surface area contributed by atoms with Crippen LogP contribution in [0.5, 0.6) is 5.75 Å². The molecule has 0 saturated carbocycles. The molecule has 18 heavy (non-hydrogen) atoms. The van der Waals surface area contributed by atoms with Gasteiger partial charge in [-0.1, -0.05) is 19.1 Å². The third kappa shape index (κ3) is 3.26. The molecule has 0 aliphatic carbocycles. The van der Waals surface area contributed by atoms with Crippen molar-refractivity contribution in [2.75, 3.05) is 19.7 Å². The number of ether oxygens (including phenoxy) is 1. The predicted octanol–water partition coefficient (Wildman–Crippen LogP) is 3.50. The summed E-state index contributed by atoms with van der Waals surface area (Å²) in [7, 11) is 0. The van der Waals surface area contributed by atoms with Crippen molar-refractivity contribution >= 4 is 0 Å². The first kappa shape index (κ1) is 13.4. The fraction of sp³-hybridized carbons (Fsp3) is 0.625. The van der Waals surface area contributed by atoms with E-state index in [1.54, 1.807) is 0 Å². The Bertz CT molecular complexity index is 363. The first-order valence-corrected chi connectivity index (χ1v) is 7.08. The average Bonchev–Trinajstić information content (AvgIpc) is 2.92. The number of benzene rings is 1. The molecule has 1 saturated heterocycles. The van der Waals surface area contributed by atoms with Crippen LogP contribution in [0.4, 0.5) is 0 Å². The Morgan fingerprint density at radius 2 is 1.72 bits per heavy atom. The van der Waals surface area contributed by atoms with Crippen LogP contribution in [0.2, 0.25) is 0 Å². The van der Waals surface area contributed by atoms with Gasteiger partial charge in [-0.25, -0.2) is 0 Å². The second-order valence-electron chi connectivity index (χ2n) is 5.79. The standard InChI is InChI=1S/C16H25NO/c1-4-14-7-9-15(10-8-14)18-13-16(2,3)17-11-5-6-12-17/h7-10H,4-6,11-13H2,1-3H3. The lowest BCUT2D eigenvalue weighted by Crippen LogP contribution is -2.46. The van der Waals surface area contributed by atoms with E-state index in [2.05, 4.69) is 49.9 Å². The Morgan fingerprint density at radius 1 is 1.11 bits per heavy atom. The molecule has 0 bridgehead atoms. The van der Waals surface area contributed by atoms with Gasteiger partial charge in [0.1, 0.15) is 12.4 Å². The molecule has 1 heterocycles. The summed E-state index contributed by atoms with van der Waals surface area (Å²) in [6, 6.07) is 8.47. The van der Waals surface area contributed by atoms with Crippen LogP contribution in [0, 0.1) is 0 Å². The minimum absolute atomic E-state index is 0.139. The van der Waals surface area contributed by atoms with Gasteiger partial charge in [0.2, 0.25) is 0 Å². The SMILES string of the molecule is CCc1ccc(OCC(C)(C)N2CCCC2)cc1. The Hall–Kier alpha value is -1.02. The van der Waals surface area contributed by atoms with Gasteiger partial charge in [0.25, 0.3) is 0 Å². The summed E-state index contributed by atoms with van der Waals surface area (Å²) in [4.78, 5) is 2.54. The molecule has 100 valence electrons. The number of nitrogens with zero attached hydrogens (tertiary/aromatic N) is 1. The van der Waals surface area contributed by atoms with Gasteiger partial charge in [0.05, 0.1) is 0 Å². The summed E-state index contributed by atoms with van der Waals surface area (Å²) < 4.78 is 5.94. The molecule has 1 aliphatic rings. The Balaban J connectivity index is 1.89. The minimum Gasteiger partial charge on any atom is -0.492 e. The molecule has 0 amide bonds. The van der Waals surface area contributed by atoms with Gasteiger partial charge in [-0.05, 0) is 63.9 Å². The molecule has 1 aromatic carbocycles. The molecule has 1 aromatic rings. The number of hydrogen-bond acceptors (Lipinski definition) is 2. The first-order valence-electron chi connectivity index (χ1n) is 7.08. The lowest BCUT2D eigenvalue weighted by Gasteiger charge is -2.35. The van der Waals surface area contributed by atoms with E-state index in [9.17, 15) is 0 Å². The van der Waals surface area contributed by atoms with Gasteiger partial charge < -0.3 is 4.74 Å². The van der Waals surface area contributed by atoms with Crippen molar-refractivity contribution in [1.29, 1.82) is 0 Å². The van der Waals surface area contributed by atoms with Crippen LogP contribution in [0.3, 0.4) is 0 Å². The Morgan fingerprint density at radius 3 is 2.28 bits per heavy atom. The summed E-state index contributed by atoms with van der Waals surface area (Å²) in [5.41, 5.74) is 1.50. The van der Waals surface area contributed by atoms with Crippen LogP contribution in [0.25, 0.3) is 0 Å². The quantitative estimate of drug-likeness (QED) is 0.789. The molecule has 0 radical (unpaired) electrons. The number of hydrogen-bond donors (Lipinski definition) is 0. The maximum atomic E-state index is 5.94. The lowest BCUT2D eigenvalue weighted by atomic mass is 10.1. The molecule has 2 nitrogen and oxygen atoms in total. The van der Waals surface area contributed by atoms with Crippen molar-refractivity contribution in [3.63, 3.8) is 0 Å².